The molecule has 0 atom stereocenters. The van der Waals surface area contributed by atoms with Crippen LogP contribution in [0.15, 0.2) is 36.5 Å². The molecule has 3 nitrogen and oxygen atoms in total. The van der Waals surface area contributed by atoms with E-state index in [1.165, 1.54) is 6.20 Å². The third kappa shape index (κ3) is 3.36. The molecule has 0 bridgehead atoms. The lowest BCUT2D eigenvalue weighted by molar-refractivity contribution is -0.125. The average Bonchev–Trinajstić information content (AvgIpc) is 2.88. The zero-order valence-electron chi connectivity index (χ0n) is 10.4. The van der Waals surface area contributed by atoms with Crippen molar-refractivity contribution >= 4 is 0 Å². The molecular formula is C13H13F4N3. The number of hydrogen-bond acceptors (Lipinski definition) is 2. The Morgan fingerprint density at radius 3 is 2.55 bits per heavy atom. The number of rotatable bonds is 6. The molecule has 1 aromatic carbocycles. The summed E-state index contributed by atoms with van der Waals surface area (Å²) in [6, 6.07) is 9.19. The second-order valence-electron chi connectivity index (χ2n) is 4.30. The molecule has 2 rings (SSSR count). The zero-order valence-corrected chi connectivity index (χ0v) is 10.4. The van der Waals surface area contributed by atoms with Gasteiger partial charge in [0.15, 0.2) is 0 Å². The minimum Gasteiger partial charge on any atom is -0.307 e. The van der Waals surface area contributed by atoms with E-state index in [4.69, 9.17) is 0 Å². The van der Waals surface area contributed by atoms with Gasteiger partial charge in [0.1, 0.15) is 0 Å². The third-order valence-electron chi connectivity index (χ3n) is 2.78. The molecule has 0 aliphatic heterocycles. The first-order valence-corrected chi connectivity index (χ1v) is 5.95. The van der Waals surface area contributed by atoms with E-state index in [0.29, 0.717) is 11.3 Å². The highest BCUT2D eigenvalue weighted by Gasteiger charge is 2.40. The Hall–Kier alpha value is -1.89. The summed E-state index contributed by atoms with van der Waals surface area (Å²) in [6.45, 7) is -1.05. The van der Waals surface area contributed by atoms with Crippen molar-refractivity contribution in [2.24, 2.45) is 0 Å². The number of hydrogen-bond donors (Lipinski definition) is 2. The van der Waals surface area contributed by atoms with E-state index in [2.05, 4.69) is 15.5 Å². The van der Waals surface area contributed by atoms with Crippen LogP contribution in [0.2, 0.25) is 0 Å². The van der Waals surface area contributed by atoms with Gasteiger partial charge in [0.05, 0.1) is 18.4 Å². The van der Waals surface area contributed by atoms with Crippen LogP contribution in [0.1, 0.15) is 5.56 Å². The maximum atomic E-state index is 12.8. The Morgan fingerprint density at radius 1 is 1.20 bits per heavy atom. The second kappa shape index (κ2) is 6.04. The predicted molar refractivity (Wildman–Crippen MR) is 66.7 cm³/mol. The van der Waals surface area contributed by atoms with Gasteiger partial charge < -0.3 is 5.32 Å². The fourth-order valence-corrected chi connectivity index (χ4v) is 1.74. The van der Waals surface area contributed by atoms with E-state index in [-0.39, 0.29) is 6.54 Å². The van der Waals surface area contributed by atoms with Crippen LogP contribution in [0.5, 0.6) is 0 Å². The normalized spacial score (nSPS) is 12.1. The van der Waals surface area contributed by atoms with Crippen molar-refractivity contribution in [2.45, 2.75) is 18.9 Å². The summed E-state index contributed by atoms with van der Waals surface area (Å²) in [5.41, 5.74) is 2.17. The summed E-state index contributed by atoms with van der Waals surface area (Å²) in [7, 11) is 0. The predicted octanol–water partition coefficient (Wildman–Crippen LogP) is 3.07. The number of aromatic nitrogens is 2. The van der Waals surface area contributed by atoms with Gasteiger partial charge in [-0.15, -0.1) is 0 Å². The molecule has 20 heavy (non-hydrogen) atoms. The van der Waals surface area contributed by atoms with Gasteiger partial charge in [0.2, 0.25) is 0 Å². The van der Waals surface area contributed by atoms with E-state index in [9.17, 15) is 17.6 Å². The summed E-state index contributed by atoms with van der Waals surface area (Å²) in [5, 5.41) is 8.94. The van der Waals surface area contributed by atoms with Crippen LogP contribution in [0.25, 0.3) is 11.3 Å². The summed E-state index contributed by atoms with van der Waals surface area (Å²) >= 11 is 0. The third-order valence-corrected chi connectivity index (χ3v) is 2.78. The monoisotopic (exact) mass is 287 g/mol. The van der Waals surface area contributed by atoms with Crippen molar-refractivity contribution in [1.29, 1.82) is 0 Å². The molecule has 0 aliphatic carbocycles. The van der Waals surface area contributed by atoms with Gasteiger partial charge in [0.25, 0.3) is 0 Å². The van der Waals surface area contributed by atoms with Crippen molar-refractivity contribution in [1.82, 2.24) is 15.5 Å². The number of aromatic amines is 1. The Morgan fingerprint density at radius 2 is 1.90 bits per heavy atom. The Bertz CT molecular complexity index is 540. The highest BCUT2D eigenvalue weighted by atomic mass is 19.3. The average molecular weight is 287 g/mol. The van der Waals surface area contributed by atoms with Gasteiger partial charge in [-0.05, 0) is 5.56 Å². The second-order valence-corrected chi connectivity index (χ2v) is 4.30. The van der Waals surface area contributed by atoms with Crippen molar-refractivity contribution in [3.8, 4) is 11.3 Å². The van der Waals surface area contributed by atoms with Crippen LogP contribution < -0.4 is 5.32 Å². The molecule has 0 unspecified atom stereocenters. The first-order valence-electron chi connectivity index (χ1n) is 5.95. The molecule has 0 spiro atoms. The molecule has 7 heteroatoms. The van der Waals surface area contributed by atoms with Crippen LogP contribution in [-0.2, 0) is 6.54 Å². The summed E-state index contributed by atoms with van der Waals surface area (Å²) in [5.74, 6) is -4.03. The summed E-state index contributed by atoms with van der Waals surface area (Å²) in [4.78, 5) is 0. The number of nitrogens with zero attached hydrogens (tertiary/aromatic N) is 1. The van der Waals surface area contributed by atoms with Crippen LogP contribution in [-0.4, -0.2) is 29.1 Å². The molecule has 1 aromatic heterocycles. The molecular weight excluding hydrogens is 274 g/mol. The van der Waals surface area contributed by atoms with Gasteiger partial charge in [-0.25, -0.2) is 8.78 Å². The van der Waals surface area contributed by atoms with Crippen molar-refractivity contribution in [3.63, 3.8) is 0 Å². The van der Waals surface area contributed by atoms with Gasteiger partial charge in [-0.1, -0.05) is 30.3 Å². The molecule has 0 fully saturated rings. The lowest BCUT2D eigenvalue weighted by Crippen LogP contribution is -2.38. The number of H-pyrrole nitrogens is 1. The number of alkyl halides is 4. The van der Waals surface area contributed by atoms with Crippen LogP contribution in [0, 0.1) is 0 Å². The lowest BCUT2D eigenvalue weighted by Gasteiger charge is -2.15. The molecule has 2 N–H and O–H groups in total. The minimum absolute atomic E-state index is 0.0308. The van der Waals surface area contributed by atoms with Gasteiger partial charge in [-0.3, -0.25) is 5.10 Å². The Labute approximate surface area is 113 Å². The van der Waals surface area contributed by atoms with Crippen LogP contribution in [0.3, 0.4) is 0 Å². The standard InChI is InChI=1S/C13H13F4N3/c14-12(15)13(16,17)8-18-6-10-7-19-20-11(10)9-4-2-1-3-5-9/h1-5,7,12,18H,6,8H2,(H,19,20). The quantitative estimate of drug-likeness (QED) is 0.802. The molecule has 1 heterocycles. The van der Waals surface area contributed by atoms with Gasteiger partial charge >= 0.3 is 12.3 Å². The largest absolute Gasteiger partial charge is 0.319 e. The fourth-order valence-electron chi connectivity index (χ4n) is 1.74. The Kier molecular flexibility index (Phi) is 4.39. The molecule has 108 valence electrons. The van der Waals surface area contributed by atoms with Crippen molar-refractivity contribution in [2.75, 3.05) is 6.54 Å². The Balaban J connectivity index is 2.00. The maximum absolute atomic E-state index is 12.8. The lowest BCUT2D eigenvalue weighted by atomic mass is 10.1. The first kappa shape index (κ1) is 14.5. The number of benzene rings is 1. The highest BCUT2D eigenvalue weighted by Crippen LogP contribution is 2.23. The molecule has 0 saturated heterocycles. The van der Waals surface area contributed by atoms with Crippen molar-refractivity contribution < 1.29 is 17.6 Å². The zero-order chi connectivity index (χ0) is 14.6. The SMILES string of the molecule is FC(F)C(F)(F)CNCc1cn[nH]c1-c1ccccc1. The molecule has 0 aliphatic rings. The first-order chi connectivity index (χ1) is 9.50. The maximum Gasteiger partial charge on any atom is 0.319 e. The van der Waals surface area contributed by atoms with Gasteiger partial charge in [-0.2, -0.15) is 13.9 Å². The van der Waals surface area contributed by atoms with Crippen LogP contribution in [0.4, 0.5) is 17.6 Å². The molecule has 2 aromatic rings. The molecule has 0 radical (unpaired) electrons. The topological polar surface area (TPSA) is 40.7 Å². The van der Waals surface area contributed by atoms with E-state index >= 15 is 0 Å². The minimum atomic E-state index is -4.03. The summed E-state index contributed by atoms with van der Waals surface area (Å²) < 4.78 is 49.6. The summed E-state index contributed by atoms with van der Waals surface area (Å²) in [6.07, 6.45) is -2.19. The van der Waals surface area contributed by atoms with Gasteiger partial charge in [0, 0.05) is 12.1 Å². The number of nitrogens with one attached hydrogen (secondary N) is 2. The molecule has 0 amide bonds. The molecule has 0 saturated carbocycles. The van der Waals surface area contributed by atoms with Crippen LogP contribution >= 0.6 is 0 Å². The van der Waals surface area contributed by atoms with E-state index in [0.717, 1.165) is 5.56 Å². The highest BCUT2D eigenvalue weighted by molar-refractivity contribution is 5.62. The fraction of sp³-hybridized carbons (Fsp3) is 0.308. The van der Waals surface area contributed by atoms with Crippen molar-refractivity contribution in [3.05, 3.63) is 42.1 Å². The number of halogens is 4. The van der Waals surface area contributed by atoms with E-state index < -0.39 is 18.9 Å². The van der Waals surface area contributed by atoms with E-state index in [1.807, 2.05) is 30.3 Å². The smallest absolute Gasteiger partial charge is 0.307 e. The van der Waals surface area contributed by atoms with E-state index in [1.54, 1.807) is 0 Å².